The maximum atomic E-state index is 10.2. The number of hydrogen-bond acceptors (Lipinski definition) is 2. The largest absolute Gasteiger partial charge is 0.477 e. The van der Waals surface area contributed by atoms with E-state index >= 15 is 0 Å². The number of thiol groups is 1. The maximum Gasteiger partial charge on any atom is 0.353 e. The van der Waals surface area contributed by atoms with E-state index in [1.54, 1.807) is 6.07 Å². The second-order valence-corrected chi connectivity index (χ2v) is 2.02. The van der Waals surface area contributed by atoms with Crippen molar-refractivity contribution in [3.8, 4) is 0 Å². The molecule has 0 saturated heterocycles. The minimum Gasteiger partial charge on any atom is -0.477 e. The molecular weight excluding hydrogens is 138 g/mol. The van der Waals surface area contributed by atoms with Gasteiger partial charge in [-0.25, -0.2) is 4.79 Å². The van der Waals surface area contributed by atoms with Crippen LogP contribution in [0, 0.1) is 0 Å². The van der Waals surface area contributed by atoms with Crippen LogP contribution < -0.4 is 0 Å². The molecule has 0 aliphatic carbocycles. The van der Waals surface area contributed by atoms with Crippen molar-refractivity contribution < 1.29 is 9.90 Å². The highest BCUT2D eigenvalue weighted by Gasteiger charge is 2.05. The quantitative estimate of drug-likeness (QED) is 0.514. The van der Waals surface area contributed by atoms with Gasteiger partial charge in [0.2, 0.25) is 0 Å². The lowest BCUT2D eigenvalue weighted by atomic mass is 10.4. The number of hydrogen-bond donors (Lipinski definition) is 3. The molecule has 9 heavy (non-hydrogen) atoms. The highest BCUT2D eigenvalue weighted by Crippen LogP contribution is 2.09. The molecule has 1 aromatic heterocycles. The number of rotatable bonds is 1. The molecule has 0 aliphatic rings. The molecular formula is C5H5NO2S. The molecule has 0 radical (unpaired) electrons. The molecule has 0 atom stereocenters. The van der Waals surface area contributed by atoms with E-state index in [0.29, 0.717) is 4.90 Å². The summed E-state index contributed by atoms with van der Waals surface area (Å²) in [5.74, 6) is -0.981. The number of H-pyrrole nitrogens is 1. The van der Waals surface area contributed by atoms with E-state index in [-0.39, 0.29) is 5.69 Å². The van der Waals surface area contributed by atoms with Crippen LogP contribution in [0.5, 0.6) is 0 Å². The summed E-state index contributed by atoms with van der Waals surface area (Å²) in [5, 5.41) is 8.37. The van der Waals surface area contributed by atoms with Crippen molar-refractivity contribution >= 4 is 18.6 Å². The van der Waals surface area contributed by atoms with E-state index in [9.17, 15) is 4.79 Å². The Morgan fingerprint density at radius 1 is 1.78 bits per heavy atom. The van der Waals surface area contributed by atoms with Gasteiger partial charge in [0.1, 0.15) is 5.69 Å². The maximum absolute atomic E-state index is 10.2. The zero-order valence-corrected chi connectivity index (χ0v) is 5.35. The van der Waals surface area contributed by atoms with Crippen LogP contribution in [0.25, 0.3) is 0 Å². The van der Waals surface area contributed by atoms with Gasteiger partial charge in [-0.2, -0.15) is 0 Å². The van der Waals surface area contributed by atoms with Crippen molar-refractivity contribution in [2.24, 2.45) is 0 Å². The van der Waals surface area contributed by atoms with E-state index in [0.717, 1.165) is 0 Å². The lowest BCUT2D eigenvalue weighted by Crippen LogP contribution is -1.96. The predicted molar refractivity (Wildman–Crippen MR) is 35.0 cm³/mol. The summed E-state index contributed by atoms with van der Waals surface area (Å²) in [6, 6.07) is 1.59. The van der Waals surface area contributed by atoms with Gasteiger partial charge in [-0.3, -0.25) is 0 Å². The number of aromatic nitrogens is 1. The number of carbonyl (C=O) groups is 1. The average Bonchev–Trinajstić information content (AvgIpc) is 2.13. The second kappa shape index (κ2) is 2.14. The first-order chi connectivity index (χ1) is 4.22. The monoisotopic (exact) mass is 143 g/mol. The van der Waals surface area contributed by atoms with Gasteiger partial charge in [-0.15, -0.1) is 12.6 Å². The molecule has 1 aromatic rings. The highest BCUT2D eigenvalue weighted by molar-refractivity contribution is 7.80. The van der Waals surface area contributed by atoms with Crippen molar-refractivity contribution in [1.29, 1.82) is 0 Å². The van der Waals surface area contributed by atoms with Gasteiger partial charge in [0, 0.05) is 11.1 Å². The van der Waals surface area contributed by atoms with Crippen molar-refractivity contribution in [2.45, 2.75) is 4.90 Å². The second-order valence-electron chi connectivity index (χ2n) is 1.54. The van der Waals surface area contributed by atoms with Gasteiger partial charge in [-0.05, 0) is 6.07 Å². The SMILES string of the molecule is O=C(O)c1[nH]ccc1S. The zero-order valence-electron chi connectivity index (χ0n) is 4.46. The van der Waals surface area contributed by atoms with Crippen molar-refractivity contribution in [1.82, 2.24) is 4.98 Å². The Morgan fingerprint density at radius 2 is 2.44 bits per heavy atom. The van der Waals surface area contributed by atoms with Crippen LogP contribution in [-0.4, -0.2) is 16.1 Å². The molecule has 0 saturated carbocycles. The highest BCUT2D eigenvalue weighted by atomic mass is 32.1. The Bertz CT molecular complexity index is 231. The third kappa shape index (κ3) is 1.08. The number of aromatic amines is 1. The molecule has 1 heterocycles. The minimum atomic E-state index is -0.981. The third-order valence-electron chi connectivity index (χ3n) is 0.939. The lowest BCUT2D eigenvalue weighted by Gasteiger charge is -1.86. The molecule has 0 spiro atoms. The van der Waals surface area contributed by atoms with Crippen LogP contribution >= 0.6 is 12.6 Å². The number of carboxylic acids is 1. The topological polar surface area (TPSA) is 53.1 Å². The Hall–Kier alpha value is -0.900. The molecule has 48 valence electrons. The standard InChI is InChI=1S/C5H5NO2S/c7-5(8)4-3(9)1-2-6-4/h1-2,6,9H,(H,7,8). The van der Waals surface area contributed by atoms with Gasteiger partial charge in [-0.1, -0.05) is 0 Å². The predicted octanol–water partition coefficient (Wildman–Crippen LogP) is 1.00. The Balaban J connectivity index is 3.08. The first-order valence-corrected chi connectivity index (χ1v) is 2.76. The van der Waals surface area contributed by atoms with E-state index < -0.39 is 5.97 Å². The van der Waals surface area contributed by atoms with Crippen LogP contribution in [0.1, 0.15) is 10.5 Å². The molecule has 0 aromatic carbocycles. The molecule has 0 fully saturated rings. The molecule has 0 aliphatic heterocycles. The Morgan fingerprint density at radius 3 is 2.67 bits per heavy atom. The van der Waals surface area contributed by atoms with Crippen LogP contribution in [0.3, 0.4) is 0 Å². The smallest absolute Gasteiger partial charge is 0.353 e. The molecule has 3 nitrogen and oxygen atoms in total. The van der Waals surface area contributed by atoms with Gasteiger partial charge < -0.3 is 10.1 Å². The Kier molecular flexibility index (Phi) is 1.48. The van der Waals surface area contributed by atoms with Gasteiger partial charge in [0.05, 0.1) is 0 Å². The fourth-order valence-corrected chi connectivity index (χ4v) is 0.767. The molecule has 0 amide bonds. The molecule has 0 bridgehead atoms. The first kappa shape index (κ1) is 6.22. The fraction of sp³-hybridized carbons (Fsp3) is 0. The van der Waals surface area contributed by atoms with Crippen molar-refractivity contribution in [3.63, 3.8) is 0 Å². The molecule has 2 N–H and O–H groups in total. The molecule has 4 heteroatoms. The van der Waals surface area contributed by atoms with Crippen LogP contribution in [0.15, 0.2) is 17.2 Å². The van der Waals surface area contributed by atoms with Crippen LogP contribution in [0.4, 0.5) is 0 Å². The number of nitrogens with one attached hydrogen (secondary N) is 1. The van der Waals surface area contributed by atoms with E-state index in [4.69, 9.17) is 5.11 Å². The fourth-order valence-electron chi connectivity index (χ4n) is 0.533. The van der Waals surface area contributed by atoms with Crippen molar-refractivity contribution in [2.75, 3.05) is 0 Å². The Labute approximate surface area is 57.1 Å². The zero-order chi connectivity index (χ0) is 6.85. The van der Waals surface area contributed by atoms with Crippen molar-refractivity contribution in [3.05, 3.63) is 18.0 Å². The lowest BCUT2D eigenvalue weighted by molar-refractivity contribution is 0.0687. The summed E-state index contributed by atoms with van der Waals surface area (Å²) >= 11 is 3.88. The van der Waals surface area contributed by atoms with Gasteiger partial charge >= 0.3 is 5.97 Å². The summed E-state index contributed by atoms with van der Waals surface area (Å²) in [6.07, 6.45) is 1.53. The number of aromatic carboxylic acids is 1. The van der Waals surface area contributed by atoms with E-state index in [1.165, 1.54) is 6.20 Å². The average molecular weight is 143 g/mol. The summed E-state index contributed by atoms with van der Waals surface area (Å²) in [6.45, 7) is 0. The van der Waals surface area contributed by atoms with E-state index in [1.807, 2.05) is 0 Å². The summed E-state index contributed by atoms with van der Waals surface area (Å²) in [7, 11) is 0. The van der Waals surface area contributed by atoms with E-state index in [2.05, 4.69) is 17.6 Å². The summed E-state index contributed by atoms with van der Waals surface area (Å²) in [5.41, 5.74) is 0.137. The normalized spacial score (nSPS) is 9.44. The first-order valence-electron chi connectivity index (χ1n) is 2.31. The van der Waals surface area contributed by atoms with Gasteiger partial charge in [0.25, 0.3) is 0 Å². The number of carboxylic acid groups (broad SMARTS) is 1. The van der Waals surface area contributed by atoms with Crippen LogP contribution in [0.2, 0.25) is 0 Å². The third-order valence-corrected chi connectivity index (χ3v) is 1.31. The summed E-state index contributed by atoms with van der Waals surface area (Å²) < 4.78 is 0. The minimum absolute atomic E-state index is 0.137. The molecule has 1 rings (SSSR count). The summed E-state index contributed by atoms with van der Waals surface area (Å²) in [4.78, 5) is 13.2. The molecule has 0 unspecified atom stereocenters. The van der Waals surface area contributed by atoms with Crippen LogP contribution in [-0.2, 0) is 0 Å². The van der Waals surface area contributed by atoms with Gasteiger partial charge in [0.15, 0.2) is 0 Å².